The monoisotopic (exact) mass is 1790 g/mol. The molecule has 2 saturated carbocycles. The second-order valence-electron chi connectivity index (χ2n) is 32.6. The molecule has 11 amide bonds. The number of hydrogen-bond donors (Lipinski definition) is 8. The smallest absolute Gasteiger partial charge is 0.251 e. The predicted octanol–water partition coefficient (Wildman–Crippen LogP) is 14.8. The molecule has 25 heteroatoms. The molecule has 704 valence electrons. The zero-order valence-electron chi connectivity index (χ0n) is 79.2. The molecule has 2 unspecified atom stereocenters. The van der Waals surface area contributed by atoms with Crippen molar-refractivity contribution in [1.29, 1.82) is 0 Å². The van der Waals surface area contributed by atoms with Crippen LogP contribution in [0.1, 0.15) is 264 Å². The Kier molecular flexibility index (Phi) is 56.8. The highest BCUT2D eigenvalue weighted by molar-refractivity contribution is 5.98. The molecule has 24 nitrogen and oxygen atoms in total. The van der Waals surface area contributed by atoms with Gasteiger partial charge in [-0.25, -0.2) is 4.39 Å². The molecular formula is C106H140FN11O13. The fraction of sp³-hybridized carbons (Fsp3) is 0.425. The first-order valence-corrected chi connectivity index (χ1v) is 45.1. The quantitative estimate of drug-likeness (QED) is 0.0131. The summed E-state index contributed by atoms with van der Waals surface area (Å²) in [5.74, 6) is 14.8. The molecule has 2 fully saturated rings. The summed E-state index contributed by atoms with van der Waals surface area (Å²) in [5, 5.41) is 34.6. The van der Waals surface area contributed by atoms with Gasteiger partial charge in [0.15, 0.2) is 0 Å². The number of nitrogens with zero attached hydrogens (tertiary/aromatic N) is 5. The molecule has 131 heavy (non-hydrogen) atoms. The van der Waals surface area contributed by atoms with Gasteiger partial charge < -0.3 is 66.6 Å². The average molecular weight is 1800 g/mol. The van der Waals surface area contributed by atoms with E-state index in [9.17, 15) is 57.1 Å². The van der Waals surface area contributed by atoms with E-state index in [1.807, 2.05) is 134 Å². The molecule has 8 rings (SSSR count). The third-order valence-electron chi connectivity index (χ3n) is 19.4. The highest BCUT2D eigenvalue weighted by Crippen LogP contribution is 2.22. The predicted molar refractivity (Wildman–Crippen MR) is 524 cm³/mol. The maximum atomic E-state index is 12.0. The Labute approximate surface area is 777 Å². The van der Waals surface area contributed by atoms with Crippen molar-refractivity contribution in [3.63, 3.8) is 0 Å². The van der Waals surface area contributed by atoms with E-state index in [-0.39, 0.29) is 96.8 Å². The van der Waals surface area contributed by atoms with Crippen molar-refractivity contribution < 1.29 is 67.3 Å². The van der Waals surface area contributed by atoms with Crippen LogP contribution in [0.4, 0.5) is 4.39 Å². The van der Waals surface area contributed by atoms with E-state index in [2.05, 4.69) is 73.7 Å². The highest BCUT2D eigenvalue weighted by Gasteiger charge is 2.25. The zero-order chi connectivity index (χ0) is 96.7. The molecule has 0 heterocycles. The van der Waals surface area contributed by atoms with Crippen LogP contribution >= 0.6 is 0 Å². The number of alkyl halides is 1. The van der Waals surface area contributed by atoms with Crippen molar-refractivity contribution in [1.82, 2.24) is 56.4 Å². The lowest BCUT2D eigenvalue weighted by Gasteiger charge is -2.10. The number of carbonyl (C=O) groups is 11. The minimum Gasteiger partial charge on any atom is -0.394 e. The summed E-state index contributed by atoms with van der Waals surface area (Å²) < 4.78 is 12.0. The molecular weight excluding hydrogens is 1650 g/mol. The van der Waals surface area contributed by atoms with Gasteiger partial charge in [0.2, 0.25) is 29.5 Å². The number of rotatable bonds is 41. The fourth-order valence-electron chi connectivity index (χ4n) is 11.3. The SMILES string of the molecule is C#CCCC/C=C\c1cccc(C(=O)NC(C)CO)c1.CC(CO)NC(=O)c1cccc(/C=C\CCCC(=O)N(C)C)c1.CCCNC(=O)c1cccc(C#CCCCC(=O)N(C)C)c1.CN(C)C(=O)CCC/C=C\c1cccc(C(=O)NC2CC2)c1.CN(C)C(=O)CCC/C=C\c1cccc(C(=O)NCCF)c1.CN(C)C(=O)CCCC#Cc1cccc(C(=O)NC2CC2)c1. The first-order valence-electron chi connectivity index (χ1n) is 45.1. The molecule has 0 aromatic heterocycles. The molecule has 0 saturated heterocycles. The summed E-state index contributed by atoms with van der Waals surface area (Å²) in [6.07, 6.45) is 39.6. The van der Waals surface area contributed by atoms with Crippen LogP contribution in [0.2, 0.25) is 0 Å². The maximum Gasteiger partial charge on any atom is 0.251 e. The highest BCUT2D eigenvalue weighted by atomic mass is 19.1. The third kappa shape index (κ3) is 52.3. The Morgan fingerprint density at radius 1 is 0.389 bits per heavy atom. The number of allylic oxidation sites excluding steroid dienone is 4. The molecule has 0 aliphatic heterocycles. The molecule has 6 aromatic carbocycles. The number of hydrogen-bond acceptors (Lipinski definition) is 13. The summed E-state index contributed by atoms with van der Waals surface area (Å²) in [5.41, 5.74) is 9.16. The van der Waals surface area contributed by atoms with Gasteiger partial charge in [-0.1, -0.05) is 140 Å². The number of nitrogens with one attached hydrogen (secondary N) is 6. The topological polar surface area (TPSA) is 317 Å². The van der Waals surface area contributed by atoms with Crippen LogP contribution in [-0.2, 0) is 24.0 Å². The van der Waals surface area contributed by atoms with Crippen molar-refractivity contribution in [3.05, 3.63) is 237 Å². The lowest BCUT2D eigenvalue weighted by atomic mass is 10.1. The Morgan fingerprint density at radius 3 is 0.969 bits per heavy atom. The third-order valence-corrected chi connectivity index (χ3v) is 19.4. The summed E-state index contributed by atoms with van der Waals surface area (Å²) >= 11 is 0. The molecule has 0 spiro atoms. The van der Waals surface area contributed by atoms with Crippen LogP contribution < -0.4 is 31.9 Å². The Balaban J connectivity index is 0.000000405. The largest absolute Gasteiger partial charge is 0.394 e. The molecule has 2 aliphatic carbocycles. The second-order valence-corrected chi connectivity index (χ2v) is 32.6. The number of terminal acetylenes is 1. The van der Waals surface area contributed by atoms with Crippen molar-refractivity contribution in [2.75, 3.05) is 103 Å². The molecule has 0 bridgehead atoms. The normalized spacial score (nSPS) is 11.9. The van der Waals surface area contributed by atoms with Crippen molar-refractivity contribution in [3.8, 4) is 36.0 Å². The first kappa shape index (κ1) is 112. The van der Waals surface area contributed by atoms with E-state index in [4.69, 9.17) is 16.6 Å². The minimum absolute atomic E-state index is 0.00864. The zero-order valence-corrected chi connectivity index (χ0v) is 79.2. The van der Waals surface area contributed by atoms with E-state index < -0.39 is 6.67 Å². The van der Waals surface area contributed by atoms with Crippen LogP contribution in [0.25, 0.3) is 24.3 Å². The second kappa shape index (κ2) is 66.4. The summed E-state index contributed by atoms with van der Waals surface area (Å²) in [4.78, 5) is 137. The van der Waals surface area contributed by atoms with Gasteiger partial charge in [-0.15, -0.1) is 12.3 Å². The van der Waals surface area contributed by atoms with E-state index >= 15 is 0 Å². The van der Waals surface area contributed by atoms with Crippen molar-refractivity contribution >= 4 is 89.3 Å². The van der Waals surface area contributed by atoms with Gasteiger partial charge in [-0.05, 0) is 217 Å². The Morgan fingerprint density at radius 2 is 0.672 bits per heavy atom. The van der Waals surface area contributed by atoms with Gasteiger partial charge in [-0.3, -0.25) is 52.7 Å². The number of amides is 11. The Hall–Kier alpha value is -13.0. The minimum atomic E-state index is -0.572. The number of halogens is 1. The van der Waals surface area contributed by atoms with Gasteiger partial charge in [0.1, 0.15) is 6.67 Å². The molecule has 0 radical (unpaired) electrons. The van der Waals surface area contributed by atoms with Gasteiger partial charge >= 0.3 is 0 Å². The fourth-order valence-corrected chi connectivity index (χ4v) is 11.3. The molecule has 2 atom stereocenters. The number of aliphatic hydroxyl groups is 2. The number of benzene rings is 6. The van der Waals surface area contributed by atoms with E-state index in [0.717, 1.165) is 136 Å². The van der Waals surface area contributed by atoms with E-state index in [1.54, 1.807) is 163 Å². The van der Waals surface area contributed by atoms with Gasteiger partial charge in [0.05, 0.1) is 13.2 Å². The van der Waals surface area contributed by atoms with Gasteiger partial charge in [-0.2, -0.15) is 0 Å². The number of aliphatic hydroxyl groups excluding tert-OH is 2. The van der Waals surface area contributed by atoms with Crippen molar-refractivity contribution in [2.45, 2.75) is 193 Å². The van der Waals surface area contributed by atoms with Gasteiger partial charge in [0, 0.05) is 204 Å². The lowest BCUT2D eigenvalue weighted by molar-refractivity contribution is -0.129. The maximum absolute atomic E-state index is 12.0. The van der Waals surface area contributed by atoms with Crippen LogP contribution in [0.5, 0.6) is 0 Å². The van der Waals surface area contributed by atoms with E-state index in [1.165, 1.54) is 0 Å². The number of unbranched alkanes of at least 4 members (excludes halogenated alkanes) is 7. The first-order chi connectivity index (χ1) is 62.8. The average Bonchev–Trinajstić information content (AvgIpc) is 1.70. The lowest BCUT2D eigenvalue weighted by Crippen LogP contribution is -2.34. The standard InChI is InChI=1S/C18H26N2O3.C18H24N2O2.C18H22N2O2.C18H24N2O2.C17H23FN2O2.C17H21NO2/c1-14(13-21)19-18(23)16-10-7-9-15(12-16)8-5-4-6-11-17(22)20(2)3;2*1-20(2)17(21)10-5-3-4-7-14-8-6-9-15(13-14)18(22)19-16-11-12-16;1-4-13-19-18(22)16-11-8-10-15(14-16)9-6-5-7-12-17(21)20(2)3;1-20(2)16(21)10-5-3-4-7-14-8-6-9-15(13-14)17(22)19-12-11-18;1-3-4-5-6-7-9-15-10-8-11-16(12-15)17(20)18-14(2)13-19/h5,7-10,12,14,21H,4,6,11,13H2,1-3H3,(H,19,23);4,6-9,13,16H,3,5,10-12H2,1-2H3,(H,19,22);6,8-9,13,16H,3,5,10-12H2,1-2H3,(H,19,22);8,10-11,14H,4-5,7,12-13H2,1-3H3,(H,19,22);4,6-9,13H,3,5,10-12H2,1-2H3,(H,19,22);1,7-12,14,19H,4-6,13H2,2H3,(H,18,20)/b8-5-;7-4-;;;7-4-;9-7-. The molecule has 6 aromatic rings. The van der Waals surface area contributed by atoms with E-state index in [0.29, 0.717) is 97.0 Å². The van der Waals surface area contributed by atoms with Gasteiger partial charge in [0.25, 0.3) is 35.4 Å². The summed E-state index contributed by atoms with van der Waals surface area (Å²) in [6.45, 7) is 5.50. The Bertz CT molecular complexity index is 4880. The summed E-state index contributed by atoms with van der Waals surface area (Å²) in [6, 6.07) is 44.3. The van der Waals surface area contributed by atoms with Crippen LogP contribution in [-0.4, -0.2) is 227 Å². The molecule has 2 aliphatic rings. The van der Waals surface area contributed by atoms with Crippen LogP contribution in [0.15, 0.2) is 170 Å². The van der Waals surface area contributed by atoms with Crippen LogP contribution in [0, 0.1) is 36.0 Å². The van der Waals surface area contributed by atoms with Crippen LogP contribution in [0.3, 0.4) is 0 Å². The summed E-state index contributed by atoms with van der Waals surface area (Å²) in [7, 11) is 17.6. The van der Waals surface area contributed by atoms with Crippen molar-refractivity contribution in [2.24, 2.45) is 0 Å². The molecule has 8 N–H and O–H groups in total. The number of carbonyl (C=O) groups excluding carboxylic acids is 11.